The molecular weight excluding hydrogens is 292 g/mol. The Bertz CT molecular complexity index is 586. The molecule has 4 aliphatic rings. The summed E-state index contributed by atoms with van der Waals surface area (Å²) in [7, 11) is 0. The Kier molecular flexibility index (Phi) is 2.40. The van der Waals surface area contributed by atoms with E-state index in [9.17, 15) is 24.9 Å². The van der Waals surface area contributed by atoms with Crippen molar-refractivity contribution in [3.63, 3.8) is 0 Å². The second kappa shape index (κ2) is 3.66. The van der Waals surface area contributed by atoms with Gasteiger partial charge < -0.3 is 24.8 Å². The first-order chi connectivity index (χ1) is 10.1. The molecule has 2 bridgehead atoms. The van der Waals surface area contributed by atoms with Gasteiger partial charge in [0.2, 0.25) is 0 Å². The molecule has 7 nitrogen and oxygen atoms in total. The van der Waals surface area contributed by atoms with Crippen molar-refractivity contribution in [1.82, 2.24) is 0 Å². The van der Waals surface area contributed by atoms with Crippen LogP contribution in [0.5, 0.6) is 0 Å². The zero-order valence-corrected chi connectivity index (χ0v) is 12.5. The molecule has 0 aromatic heterocycles. The zero-order chi connectivity index (χ0) is 16.1. The van der Waals surface area contributed by atoms with Crippen LogP contribution in [0.4, 0.5) is 0 Å². The Morgan fingerprint density at radius 2 is 1.95 bits per heavy atom. The fourth-order valence-corrected chi connectivity index (χ4v) is 5.60. The van der Waals surface area contributed by atoms with Crippen LogP contribution >= 0.6 is 0 Å². The SMILES string of the molecule is CC1CCC2(O)C13CC(OC(=O)C3O)C(C)(O)C21COC1=O. The number of cyclic esters (lactones) is 1. The fourth-order valence-electron chi connectivity index (χ4n) is 5.60. The minimum Gasteiger partial charge on any atom is -0.464 e. The lowest BCUT2D eigenvalue weighted by Gasteiger charge is -2.68. The highest BCUT2D eigenvalue weighted by atomic mass is 16.6. The van der Waals surface area contributed by atoms with Crippen molar-refractivity contribution in [2.24, 2.45) is 16.7 Å². The van der Waals surface area contributed by atoms with E-state index in [1.165, 1.54) is 6.92 Å². The summed E-state index contributed by atoms with van der Waals surface area (Å²) >= 11 is 0. The second-order valence-corrected chi connectivity index (χ2v) is 7.50. The standard InChI is InChI=1S/C15H20O7/c1-7-3-4-15(20)13(7)5-8(22-10(17)9(13)16)12(2,19)14(15)6-21-11(14)18/h7-9,16,19-20H,3-6H2,1-2H3. The van der Waals surface area contributed by atoms with Crippen LogP contribution in [0.1, 0.15) is 33.1 Å². The molecule has 2 aliphatic carbocycles. The third-order valence-corrected chi connectivity index (χ3v) is 7.05. The van der Waals surface area contributed by atoms with Gasteiger partial charge in [-0.2, -0.15) is 0 Å². The molecule has 2 spiro atoms. The van der Waals surface area contributed by atoms with Gasteiger partial charge in [-0.25, -0.2) is 4.79 Å². The predicted octanol–water partition coefficient (Wildman–Crippen LogP) is -0.882. The topological polar surface area (TPSA) is 113 Å². The van der Waals surface area contributed by atoms with E-state index in [0.29, 0.717) is 6.42 Å². The number of carbonyl (C=O) groups excluding carboxylic acids is 2. The minimum atomic E-state index is -1.74. The first-order valence-electron chi connectivity index (χ1n) is 7.66. The third-order valence-electron chi connectivity index (χ3n) is 7.05. The monoisotopic (exact) mass is 312 g/mol. The Morgan fingerprint density at radius 1 is 1.27 bits per heavy atom. The Balaban J connectivity index is 2.01. The quantitative estimate of drug-likeness (QED) is 0.498. The summed E-state index contributed by atoms with van der Waals surface area (Å²) in [6.45, 7) is 3.13. The van der Waals surface area contributed by atoms with E-state index in [-0.39, 0.29) is 25.4 Å². The van der Waals surface area contributed by atoms with Crippen LogP contribution in [0.15, 0.2) is 0 Å². The van der Waals surface area contributed by atoms with E-state index in [4.69, 9.17) is 9.47 Å². The molecule has 2 heterocycles. The van der Waals surface area contributed by atoms with Gasteiger partial charge in [0.05, 0.1) is 5.60 Å². The van der Waals surface area contributed by atoms with E-state index in [1.807, 2.05) is 6.92 Å². The molecule has 2 saturated carbocycles. The molecular formula is C15H20O7. The average Bonchev–Trinajstić information content (AvgIpc) is 2.68. The molecule has 7 unspecified atom stereocenters. The van der Waals surface area contributed by atoms with Gasteiger partial charge in [-0.3, -0.25) is 4.79 Å². The molecule has 122 valence electrons. The van der Waals surface area contributed by atoms with Gasteiger partial charge in [0.25, 0.3) is 0 Å². The van der Waals surface area contributed by atoms with E-state index in [0.717, 1.165) is 0 Å². The summed E-state index contributed by atoms with van der Waals surface area (Å²) < 4.78 is 10.1. The van der Waals surface area contributed by atoms with Crippen LogP contribution in [0.25, 0.3) is 0 Å². The number of esters is 2. The molecule has 2 aliphatic heterocycles. The summed E-state index contributed by atoms with van der Waals surface area (Å²) in [5.41, 5.74) is -6.17. The molecule has 0 amide bonds. The van der Waals surface area contributed by atoms with Crippen LogP contribution in [0.3, 0.4) is 0 Å². The maximum Gasteiger partial charge on any atom is 0.336 e. The van der Waals surface area contributed by atoms with Gasteiger partial charge in [0, 0.05) is 5.41 Å². The largest absolute Gasteiger partial charge is 0.464 e. The van der Waals surface area contributed by atoms with E-state index in [1.54, 1.807) is 0 Å². The average molecular weight is 312 g/mol. The highest BCUT2D eigenvalue weighted by Crippen LogP contribution is 2.72. The maximum atomic E-state index is 12.3. The molecule has 3 N–H and O–H groups in total. The summed E-state index contributed by atoms with van der Waals surface area (Å²) in [6, 6.07) is 0. The van der Waals surface area contributed by atoms with E-state index in [2.05, 4.69) is 0 Å². The summed E-state index contributed by atoms with van der Waals surface area (Å²) in [5, 5.41) is 33.1. The zero-order valence-electron chi connectivity index (χ0n) is 12.5. The Labute approximate surface area is 127 Å². The molecule has 0 radical (unpaired) electrons. The molecule has 7 atom stereocenters. The van der Waals surface area contributed by atoms with Crippen molar-refractivity contribution in [3.8, 4) is 0 Å². The van der Waals surface area contributed by atoms with Crippen LogP contribution in [0.2, 0.25) is 0 Å². The van der Waals surface area contributed by atoms with Crippen LogP contribution in [-0.4, -0.2) is 57.3 Å². The van der Waals surface area contributed by atoms with Crippen LogP contribution in [0, 0.1) is 16.7 Å². The predicted molar refractivity (Wildman–Crippen MR) is 70.3 cm³/mol. The number of hydrogen-bond acceptors (Lipinski definition) is 7. The van der Waals surface area contributed by atoms with Crippen molar-refractivity contribution >= 4 is 11.9 Å². The number of ether oxygens (including phenoxy) is 2. The van der Waals surface area contributed by atoms with Gasteiger partial charge in [-0.15, -0.1) is 0 Å². The number of rotatable bonds is 0. The Hall–Kier alpha value is -1.18. The maximum absolute atomic E-state index is 12.3. The lowest BCUT2D eigenvalue weighted by Crippen LogP contribution is -2.86. The van der Waals surface area contributed by atoms with Gasteiger partial charge in [-0.1, -0.05) is 6.92 Å². The first-order valence-corrected chi connectivity index (χ1v) is 7.66. The molecule has 4 fully saturated rings. The molecule has 22 heavy (non-hydrogen) atoms. The smallest absolute Gasteiger partial charge is 0.336 e. The number of carbonyl (C=O) groups is 2. The van der Waals surface area contributed by atoms with Gasteiger partial charge in [0.15, 0.2) is 11.5 Å². The summed E-state index contributed by atoms with van der Waals surface area (Å²) in [5.74, 6) is -1.70. The van der Waals surface area contributed by atoms with Crippen molar-refractivity contribution in [2.45, 2.75) is 56.5 Å². The molecule has 0 aromatic rings. The van der Waals surface area contributed by atoms with Crippen molar-refractivity contribution in [1.29, 1.82) is 0 Å². The summed E-state index contributed by atoms with van der Waals surface area (Å²) in [4.78, 5) is 24.4. The van der Waals surface area contributed by atoms with Crippen LogP contribution in [-0.2, 0) is 19.1 Å². The van der Waals surface area contributed by atoms with Gasteiger partial charge in [-0.05, 0) is 32.1 Å². The van der Waals surface area contributed by atoms with E-state index < -0.39 is 46.2 Å². The van der Waals surface area contributed by atoms with Crippen molar-refractivity contribution in [2.75, 3.05) is 6.61 Å². The highest BCUT2D eigenvalue weighted by Gasteiger charge is 2.87. The normalized spacial score (nSPS) is 59.6. The lowest BCUT2D eigenvalue weighted by molar-refractivity contribution is -0.359. The molecule has 4 rings (SSSR count). The highest BCUT2D eigenvalue weighted by molar-refractivity contribution is 5.88. The minimum absolute atomic E-state index is 0.134. The van der Waals surface area contributed by atoms with Gasteiger partial charge >= 0.3 is 11.9 Å². The summed E-state index contributed by atoms with van der Waals surface area (Å²) in [6.07, 6.45) is -1.53. The molecule has 7 heteroatoms. The number of hydrogen-bond donors (Lipinski definition) is 3. The van der Waals surface area contributed by atoms with Crippen molar-refractivity contribution < 1.29 is 34.4 Å². The first kappa shape index (κ1) is 14.4. The Morgan fingerprint density at radius 3 is 2.50 bits per heavy atom. The number of aliphatic hydroxyl groups is 3. The van der Waals surface area contributed by atoms with Crippen molar-refractivity contribution in [3.05, 3.63) is 0 Å². The number of aliphatic hydroxyl groups excluding tert-OH is 1. The fraction of sp³-hybridized carbons (Fsp3) is 0.867. The lowest BCUT2D eigenvalue weighted by atomic mass is 9.42. The second-order valence-electron chi connectivity index (χ2n) is 7.50. The molecule has 2 saturated heterocycles. The molecule has 0 aromatic carbocycles. The van der Waals surface area contributed by atoms with Crippen LogP contribution < -0.4 is 0 Å². The van der Waals surface area contributed by atoms with E-state index >= 15 is 0 Å². The third kappa shape index (κ3) is 1.07. The number of fused-ring (bicyclic) bond motifs is 2. The van der Waals surface area contributed by atoms with Gasteiger partial charge in [0.1, 0.15) is 18.3 Å².